The van der Waals surface area contributed by atoms with Crippen molar-refractivity contribution in [2.24, 2.45) is 0 Å². The number of H-pyrrole nitrogens is 1. The summed E-state index contributed by atoms with van der Waals surface area (Å²) in [5.74, 6) is 1.00. The van der Waals surface area contributed by atoms with E-state index in [0.717, 1.165) is 49.6 Å². The molecule has 1 N–H and O–H groups in total. The Bertz CT molecular complexity index is 543. The van der Waals surface area contributed by atoms with Crippen LogP contribution in [0, 0.1) is 0 Å². The fourth-order valence-electron chi connectivity index (χ4n) is 2.34. The second kappa shape index (κ2) is 4.88. The third-order valence-electron chi connectivity index (χ3n) is 3.48. The smallest absolute Gasteiger partial charge is 0.121 e. The first kappa shape index (κ1) is 12.0. The van der Waals surface area contributed by atoms with Crippen molar-refractivity contribution in [3.8, 4) is 0 Å². The largest absolute Gasteiger partial charge is 0.341 e. The van der Waals surface area contributed by atoms with Gasteiger partial charge in [0, 0.05) is 26.2 Å². The Kier molecular flexibility index (Phi) is 3.24. The number of likely N-dealkylation sites (N-methyl/N-ethyl adjacent to an activating group) is 1. The summed E-state index contributed by atoms with van der Waals surface area (Å²) >= 11 is 6.13. The highest BCUT2D eigenvalue weighted by Gasteiger charge is 2.15. The standard InChI is InChI=1S/C13H17ClN4/c1-17-5-7-18(8-6-17)9-12-15-11-4-2-3-10(14)13(11)16-12/h2-4H,5-9H2,1H3,(H,15,16). The summed E-state index contributed by atoms with van der Waals surface area (Å²) in [6, 6.07) is 5.84. The summed E-state index contributed by atoms with van der Waals surface area (Å²) in [5.41, 5.74) is 1.90. The van der Waals surface area contributed by atoms with Gasteiger partial charge in [0.15, 0.2) is 0 Å². The third kappa shape index (κ3) is 2.36. The molecule has 1 aliphatic heterocycles. The number of nitrogens with one attached hydrogen (secondary N) is 1. The normalized spacial score (nSPS) is 18.6. The maximum atomic E-state index is 6.13. The van der Waals surface area contributed by atoms with Crippen LogP contribution in [0.25, 0.3) is 11.0 Å². The maximum absolute atomic E-state index is 6.13. The van der Waals surface area contributed by atoms with E-state index in [9.17, 15) is 0 Å². The molecule has 1 aromatic heterocycles. The number of piperazine rings is 1. The summed E-state index contributed by atoms with van der Waals surface area (Å²) in [5, 5.41) is 0.716. The van der Waals surface area contributed by atoms with E-state index in [1.54, 1.807) is 0 Å². The molecule has 96 valence electrons. The monoisotopic (exact) mass is 264 g/mol. The van der Waals surface area contributed by atoms with Crippen molar-refractivity contribution in [3.05, 3.63) is 29.0 Å². The molecule has 0 radical (unpaired) electrons. The van der Waals surface area contributed by atoms with E-state index in [1.165, 1.54) is 0 Å². The highest BCUT2D eigenvalue weighted by atomic mass is 35.5. The molecule has 5 heteroatoms. The van der Waals surface area contributed by atoms with Crippen LogP contribution >= 0.6 is 11.6 Å². The third-order valence-corrected chi connectivity index (χ3v) is 3.79. The molecular formula is C13H17ClN4. The van der Waals surface area contributed by atoms with Crippen LogP contribution in [0.15, 0.2) is 18.2 Å². The van der Waals surface area contributed by atoms with Crippen LogP contribution in [0.1, 0.15) is 5.82 Å². The summed E-state index contributed by atoms with van der Waals surface area (Å²) in [7, 11) is 2.16. The number of aromatic nitrogens is 2. The Labute approximate surface area is 112 Å². The number of fused-ring (bicyclic) bond motifs is 1. The van der Waals surface area contributed by atoms with Crippen molar-refractivity contribution in [1.29, 1.82) is 0 Å². The number of nitrogens with zero attached hydrogens (tertiary/aromatic N) is 3. The van der Waals surface area contributed by atoms with E-state index in [1.807, 2.05) is 18.2 Å². The predicted octanol–water partition coefficient (Wildman–Crippen LogP) is 1.96. The van der Waals surface area contributed by atoms with Crippen LogP contribution in [0.3, 0.4) is 0 Å². The number of hydrogen-bond donors (Lipinski definition) is 1. The van der Waals surface area contributed by atoms with Crippen molar-refractivity contribution in [1.82, 2.24) is 19.8 Å². The number of halogens is 1. The Balaban J connectivity index is 1.77. The summed E-state index contributed by atoms with van der Waals surface area (Å²) in [6.45, 7) is 5.32. The second-order valence-corrected chi connectivity index (χ2v) is 5.31. The van der Waals surface area contributed by atoms with Gasteiger partial charge in [0.1, 0.15) is 11.3 Å². The van der Waals surface area contributed by atoms with Gasteiger partial charge >= 0.3 is 0 Å². The molecule has 3 rings (SSSR count). The first-order chi connectivity index (χ1) is 8.72. The minimum Gasteiger partial charge on any atom is -0.341 e. The minimum atomic E-state index is 0.716. The molecule has 4 nitrogen and oxygen atoms in total. The topological polar surface area (TPSA) is 35.2 Å². The van der Waals surface area contributed by atoms with Crippen LogP contribution < -0.4 is 0 Å². The average Bonchev–Trinajstić information content (AvgIpc) is 2.76. The number of para-hydroxylation sites is 1. The molecule has 0 saturated carbocycles. The van der Waals surface area contributed by atoms with Crippen molar-refractivity contribution in [2.75, 3.05) is 33.2 Å². The zero-order valence-corrected chi connectivity index (χ0v) is 11.2. The van der Waals surface area contributed by atoms with Crippen molar-refractivity contribution < 1.29 is 0 Å². The van der Waals surface area contributed by atoms with E-state index < -0.39 is 0 Å². The van der Waals surface area contributed by atoms with Crippen molar-refractivity contribution >= 4 is 22.6 Å². The van der Waals surface area contributed by atoms with Crippen molar-refractivity contribution in [3.63, 3.8) is 0 Å². The molecule has 0 bridgehead atoms. The molecule has 2 aromatic rings. The van der Waals surface area contributed by atoms with Gasteiger partial charge in [0.05, 0.1) is 17.1 Å². The molecule has 1 saturated heterocycles. The molecule has 0 atom stereocenters. The fraction of sp³-hybridized carbons (Fsp3) is 0.462. The molecule has 1 aromatic carbocycles. The zero-order valence-electron chi connectivity index (χ0n) is 10.5. The Hall–Kier alpha value is -1.10. The fourth-order valence-corrected chi connectivity index (χ4v) is 2.56. The molecule has 1 fully saturated rings. The minimum absolute atomic E-state index is 0.716. The Morgan fingerprint density at radius 2 is 2.06 bits per heavy atom. The van der Waals surface area contributed by atoms with E-state index in [2.05, 4.69) is 26.8 Å². The van der Waals surface area contributed by atoms with E-state index in [-0.39, 0.29) is 0 Å². The first-order valence-corrected chi connectivity index (χ1v) is 6.64. The van der Waals surface area contributed by atoms with Crippen molar-refractivity contribution in [2.45, 2.75) is 6.54 Å². The van der Waals surface area contributed by atoms with Gasteiger partial charge in [0.2, 0.25) is 0 Å². The van der Waals surface area contributed by atoms with E-state index in [0.29, 0.717) is 5.02 Å². The highest BCUT2D eigenvalue weighted by molar-refractivity contribution is 6.34. The van der Waals surface area contributed by atoms with Gasteiger partial charge in [-0.05, 0) is 19.2 Å². The van der Waals surface area contributed by atoms with Crippen LogP contribution in [0.5, 0.6) is 0 Å². The first-order valence-electron chi connectivity index (χ1n) is 6.26. The van der Waals surface area contributed by atoms with Gasteiger partial charge in [-0.3, -0.25) is 4.90 Å². The summed E-state index contributed by atoms with van der Waals surface area (Å²) < 4.78 is 0. The van der Waals surface area contributed by atoms with Gasteiger partial charge in [-0.25, -0.2) is 4.98 Å². The molecule has 0 unspecified atom stereocenters. The zero-order chi connectivity index (χ0) is 12.5. The number of benzene rings is 1. The van der Waals surface area contributed by atoms with Gasteiger partial charge in [-0.1, -0.05) is 17.7 Å². The molecule has 0 spiro atoms. The lowest BCUT2D eigenvalue weighted by Crippen LogP contribution is -2.44. The number of aromatic amines is 1. The van der Waals surface area contributed by atoms with E-state index in [4.69, 9.17) is 11.6 Å². The van der Waals surface area contributed by atoms with Gasteiger partial charge < -0.3 is 9.88 Å². The Morgan fingerprint density at radius 3 is 2.78 bits per heavy atom. The quantitative estimate of drug-likeness (QED) is 0.901. The lowest BCUT2D eigenvalue weighted by molar-refractivity contribution is 0.146. The van der Waals surface area contributed by atoms with Gasteiger partial charge in [0.25, 0.3) is 0 Å². The van der Waals surface area contributed by atoms with Gasteiger partial charge in [-0.15, -0.1) is 0 Å². The molecule has 18 heavy (non-hydrogen) atoms. The van der Waals surface area contributed by atoms with Gasteiger partial charge in [-0.2, -0.15) is 0 Å². The molecule has 2 heterocycles. The number of imidazole rings is 1. The lowest BCUT2D eigenvalue weighted by atomic mass is 10.3. The van der Waals surface area contributed by atoms with Crippen LogP contribution in [0.4, 0.5) is 0 Å². The maximum Gasteiger partial charge on any atom is 0.121 e. The molecular weight excluding hydrogens is 248 g/mol. The number of hydrogen-bond acceptors (Lipinski definition) is 3. The lowest BCUT2D eigenvalue weighted by Gasteiger charge is -2.31. The number of rotatable bonds is 2. The molecule has 1 aliphatic rings. The predicted molar refractivity (Wildman–Crippen MR) is 73.9 cm³/mol. The molecule has 0 aliphatic carbocycles. The second-order valence-electron chi connectivity index (χ2n) is 4.90. The highest BCUT2D eigenvalue weighted by Crippen LogP contribution is 2.21. The Morgan fingerprint density at radius 1 is 1.28 bits per heavy atom. The summed E-state index contributed by atoms with van der Waals surface area (Å²) in [6.07, 6.45) is 0. The molecule has 0 amide bonds. The average molecular weight is 265 g/mol. The SMILES string of the molecule is CN1CCN(Cc2nc3c(Cl)cccc3[nH]2)CC1. The van der Waals surface area contributed by atoms with Crippen LogP contribution in [-0.4, -0.2) is 53.0 Å². The van der Waals surface area contributed by atoms with Crippen LogP contribution in [-0.2, 0) is 6.54 Å². The van der Waals surface area contributed by atoms with E-state index >= 15 is 0 Å². The summed E-state index contributed by atoms with van der Waals surface area (Å²) in [4.78, 5) is 12.7. The van der Waals surface area contributed by atoms with Crippen LogP contribution in [0.2, 0.25) is 5.02 Å².